The Morgan fingerprint density at radius 2 is 1.50 bits per heavy atom. The largest absolute Gasteiger partial charge is 0.260 e. The Kier molecular flexibility index (Phi) is 11.2. The lowest BCUT2D eigenvalue weighted by Gasteiger charge is -2.33. The van der Waals surface area contributed by atoms with E-state index in [0.717, 1.165) is 106 Å². The van der Waals surface area contributed by atoms with Crippen LogP contribution in [0.5, 0.6) is 0 Å². The molecule has 9 aliphatic rings. The molecule has 4 heteroatoms. The summed E-state index contributed by atoms with van der Waals surface area (Å²) in [6.45, 7) is 0. The van der Waals surface area contributed by atoms with Crippen LogP contribution in [0.1, 0.15) is 139 Å². The first-order valence-electron chi connectivity index (χ1n) is 23.0. The van der Waals surface area contributed by atoms with E-state index in [-0.39, 0.29) is 5.92 Å². The van der Waals surface area contributed by atoms with E-state index in [1.54, 1.807) is 5.57 Å². The summed E-state index contributed by atoms with van der Waals surface area (Å²) in [5.41, 5.74) is 12.8. The van der Waals surface area contributed by atoms with Gasteiger partial charge in [-0.15, -0.1) is 0 Å². The smallest absolute Gasteiger partial charge is 0.163 e. The summed E-state index contributed by atoms with van der Waals surface area (Å²) in [6, 6.07) is 0. The monoisotopic (exact) mass is 764 g/mol. The third-order valence-corrected chi connectivity index (χ3v) is 14.5. The van der Waals surface area contributed by atoms with Gasteiger partial charge in [-0.05, 0) is 156 Å². The minimum Gasteiger partial charge on any atom is -0.260 e. The van der Waals surface area contributed by atoms with Gasteiger partial charge in [0, 0.05) is 35.1 Å². The number of hydrogen-bond donors (Lipinski definition) is 0. The summed E-state index contributed by atoms with van der Waals surface area (Å²) in [6.07, 6.45) is 63.4. The van der Waals surface area contributed by atoms with Crippen LogP contribution in [0, 0.1) is 29.6 Å². The van der Waals surface area contributed by atoms with Crippen LogP contribution in [0.15, 0.2) is 148 Å². The molecule has 6 atom stereocenters. The zero-order valence-electron chi connectivity index (χ0n) is 34.4. The molecule has 4 nitrogen and oxygen atoms in total. The number of nitrogens with zero attached hydrogens (tertiary/aromatic N) is 4. The van der Waals surface area contributed by atoms with E-state index >= 15 is 0 Å². The summed E-state index contributed by atoms with van der Waals surface area (Å²) in [7, 11) is 0. The van der Waals surface area contributed by atoms with Gasteiger partial charge in [0.1, 0.15) is 5.82 Å². The molecule has 296 valence electrons. The lowest BCUT2D eigenvalue weighted by Crippen LogP contribution is -2.26. The van der Waals surface area contributed by atoms with Crippen LogP contribution >= 0.6 is 0 Å². The highest BCUT2D eigenvalue weighted by molar-refractivity contribution is 6.05. The minimum atomic E-state index is 0.196. The molecule has 0 fully saturated rings. The predicted octanol–water partition coefficient (Wildman–Crippen LogP) is 13.7. The van der Waals surface area contributed by atoms with Gasteiger partial charge in [-0.25, -0.2) is 15.0 Å². The number of rotatable bonds is 8. The van der Waals surface area contributed by atoms with Crippen molar-refractivity contribution in [3.05, 3.63) is 160 Å². The molecule has 58 heavy (non-hydrogen) atoms. The van der Waals surface area contributed by atoms with Crippen molar-refractivity contribution in [2.24, 2.45) is 34.6 Å². The van der Waals surface area contributed by atoms with Crippen LogP contribution in [0.3, 0.4) is 0 Å². The van der Waals surface area contributed by atoms with Gasteiger partial charge in [0.25, 0.3) is 0 Å². The highest BCUT2D eigenvalue weighted by atomic mass is 15.0. The zero-order chi connectivity index (χ0) is 38.7. The molecular formula is C54H60N4. The molecule has 0 radical (unpaired) electrons. The first-order chi connectivity index (χ1) is 28.7. The van der Waals surface area contributed by atoms with Gasteiger partial charge in [-0.2, -0.15) is 0 Å². The summed E-state index contributed by atoms with van der Waals surface area (Å²) in [5, 5.41) is 0. The Balaban J connectivity index is 0.982. The second-order valence-corrected chi connectivity index (χ2v) is 18.2. The summed E-state index contributed by atoms with van der Waals surface area (Å²) in [4.78, 5) is 21.4. The van der Waals surface area contributed by atoms with Gasteiger partial charge in [0.15, 0.2) is 11.6 Å². The quantitative estimate of drug-likeness (QED) is 0.248. The van der Waals surface area contributed by atoms with E-state index in [1.165, 1.54) is 72.1 Å². The zero-order valence-corrected chi connectivity index (χ0v) is 34.4. The summed E-state index contributed by atoms with van der Waals surface area (Å²) >= 11 is 0. The van der Waals surface area contributed by atoms with Crippen molar-refractivity contribution in [2.75, 3.05) is 0 Å². The fourth-order valence-electron chi connectivity index (χ4n) is 11.1. The third-order valence-electron chi connectivity index (χ3n) is 14.5. The maximum Gasteiger partial charge on any atom is 0.163 e. The van der Waals surface area contributed by atoms with Crippen LogP contribution in [0.2, 0.25) is 0 Å². The van der Waals surface area contributed by atoms with Crippen molar-refractivity contribution in [3.8, 4) is 0 Å². The molecule has 10 rings (SSSR count). The Morgan fingerprint density at radius 1 is 0.534 bits per heavy atom. The molecule has 6 unspecified atom stereocenters. The van der Waals surface area contributed by atoms with E-state index in [2.05, 4.69) is 109 Å². The molecule has 0 amide bonds. The van der Waals surface area contributed by atoms with E-state index in [9.17, 15) is 0 Å². The first-order valence-corrected chi connectivity index (χ1v) is 23.0. The molecule has 1 aliphatic heterocycles. The first kappa shape index (κ1) is 37.6. The molecule has 1 aromatic rings. The number of hydrogen-bond acceptors (Lipinski definition) is 4. The maximum absolute atomic E-state index is 5.42. The Hall–Kier alpha value is -4.70. The van der Waals surface area contributed by atoms with Crippen molar-refractivity contribution in [2.45, 2.75) is 121 Å². The second-order valence-electron chi connectivity index (χ2n) is 18.2. The SMILES string of the molecule is C1=CCC(C2C=CC(c3nc(C4=CCCC(C5CC(C6CC=CCC6)=CN=C5C5=CC6=C(C=CCC6)CC5)=C4)nc(C4=CCC(C5=CCCCC5)C=C4)n3)CC2)C=C1. The van der Waals surface area contributed by atoms with E-state index in [1.807, 2.05) is 0 Å². The number of aromatic nitrogens is 3. The molecule has 0 bridgehead atoms. The van der Waals surface area contributed by atoms with Crippen LogP contribution in [0.4, 0.5) is 0 Å². The Morgan fingerprint density at radius 3 is 2.31 bits per heavy atom. The number of aliphatic imine (C=N–C) groups is 1. The van der Waals surface area contributed by atoms with E-state index in [0.29, 0.717) is 29.6 Å². The lowest BCUT2D eigenvalue weighted by atomic mass is 9.73. The van der Waals surface area contributed by atoms with Crippen LogP contribution in [-0.2, 0) is 0 Å². The van der Waals surface area contributed by atoms with Crippen molar-refractivity contribution in [1.29, 1.82) is 0 Å². The van der Waals surface area contributed by atoms with Gasteiger partial charge in [-0.1, -0.05) is 114 Å². The van der Waals surface area contributed by atoms with Crippen molar-refractivity contribution >= 4 is 16.9 Å². The molecule has 1 aromatic heterocycles. The fraction of sp³-hybridized carbons (Fsp3) is 0.444. The topological polar surface area (TPSA) is 51.0 Å². The van der Waals surface area contributed by atoms with Crippen molar-refractivity contribution in [3.63, 3.8) is 0 Å². The summed E-state index contributed by atoms with van der Waals surface area (Å²) in [5.74, 6) is 5.35. The molecule has 0 aromatic carbocycles. The molecule has 0 saturated heterocycles. The Labute approximate surface area is 347 Å². The predicted molar refractivity (Wildman–Crippen MR) is 241 cm³/mol. The van der Waals surface area contributed by atoms with E-state index < -0.39 is 0 Å². The van der Waals surface area contributed by atoms with Crippen molar-refractivity contribution < 1.29 is 0 Å². The third kappa shape index (κ3) is 8.14. The lowest BCUT2D eigenvalue weighted by molar-refractivity contribution is 0.404. The van der Waals surface area contributed by atoms with Crippen LogP contribution in [0.25, 0.3) is 11.1 Å². The standard InChI is InChI=1S/C54H60N4/c1-4-13-37(14-5-1)41-23-28-43(29-24-41)52-56-53(44-30-25-42(26-31-44)38-15-6-2-7-16-38)58-54(57-52)48-22-12-21-46(34-48)50-35-49(39-17-8-3-9-18-39)36-55-51(50)47-32-27-40-19-10-11-20-45(40)33-47/h1,3-5,8,10,13,15,19,22-23,25,28,30-31,33-34,36-37,39,41-43,50H,2,6-7,9,11-12,14,16-18,20-21,24,26-27,29,32,35H2. The molecular weight excluding hydrogens is 705 g/mol. The van der Waals surface area contributed by atoms with Gasteiger partial charge in [-0.3, -0.25) is 4.99 Å². The Bertz CT molecular complexity index is 2230. The second kappa shape index (κ2) is 17.3. The summed E-state index contributed by atoms with van der Waals surface area (Å²) < 4.78 is 0. The number of allylic oxidation sites excluding steroid dienone is 25. The average molecular weight is 765 g/mol. The molecule has 8 aliphatic carbocycles. The average Bonchev–Trinajstić information content (AvgIpc) is 3.32. The van der Waals surface area contributed by atoms with Gasteiger partial charge < -0.3 is 0 Å². The maximum atomic E-state index is 5.42. The fourth-order valence-corrected chi connectivity index (χ4v) is 11.1. The van der Waals surface area contributed by atoms with Crippen LogP contribution < -0.4 is 0 Å². The molecule has 2 heterocycles. The molecule has 0 spiro atoms. The molecule has 0 saturated carbocycles. The highest BCUT2D eigenvalue weighted by Crippen LogP contribution is 2.43. The highest BCUT2D eigenvalue weighted by Gasteiger charge is 2.33. The molecule has 0 N–H and O–H groups in total. The minimum absolute atomic E-state index is 0.196. The van der Waals surface area contributed by atoms with E-state index in [4.69, 9.17) is 19.9 Å². The van der Waals surface area contributed by atoms with Gasteiger partial charge >= 0.3 is 0 Å². The van der Waals surface area contributed by atoms with Crippen molar-refractivity contribution in [1.82, 2.24) is 15.0 Å². The van der Waals surface area contributed by atoms with Gasteiger partial charge in [0.05, 0.1) is 5.71 Å². The van der Waals surface area contributed by atoms with Crippen LogP contribution in [-0.4, -0.2) is 20.7 Å². The normalized spacial score (nSPS) is 30.8. The van der Waals surface area contributed by atoms with Gasteiger partial charge in [0.2, 0.25) is 0 Å².